The Labute approximate surface area is 382 Å². The van der Waals surface area contributed by atoms with Crippen molar-refractivity contribution in [2.45, 2.75) is 97.8 Å². The molecule has 0 fully saturated rings. The Balaban J connectivity index is 0.000000214. The summed E-state index contributed by atoms with van der Waals surface area (Å²) in [6.45, 7) is 24.9. The van der Waals surface area contributed by atoms with Gasteiger partial charge in [-0.15, -0.1) is 59.2 Å². The molecule has 0 saturated carbocycles. The summed E-state index contributed by atoms with van der Waals surface area (Å²) < 4.78 is 0. The van der Waals surface area contributed by atoms with Crippen molar-refractivity contribution < 1.29 is 20.1 Å². The molecule has 7 aromatic carbocycles. The topological polar surface area (TPSA) is 25.8 Å². The Bertz CT molecular complexity index is 3110. The predicted molar refractivity (Wildman–Crippen MR) is 261 cm³/mol. The molecule has 0 N–H and O–H groups in total. The van der Waals surface area contributed by atoms with E-state index >= 15 is 0 Å². The van der Waals surface area contributed by atoms with Crippen LogP contribution in [0.1, 0.15) is 104 Å². The zero-order valence-corrected chi connectivity index (χ0v) is 40.4. The second-order valence-corrected chi connectivity index (χ2v) is 20.6. The Hall–Kier alpha value is -5.47. The van der Waals surface area contributed by atoms with Crippen molar-refractivity contribution in [1.29, 1.82) is 0 Å². The van der Waals surface area contributed by atoms with E-state index < -0.39 is 0 Å². The van der Waals surface area contributed by atoms with Crippen LogP contribution in [0.3, 0.4) is 0 Å². The van der Waals surface area contributed by atoms with Crippen LogP contribution in [-0.4, -0.2) is 9.97 Å². The largest absolute Gasteiger partial charge is 0.305 e. The van der Waals surface area contributed by atoms with Gasteiger partial charge in [0.25, 0.3) is 0 Å². The number of fused-ring (bicyclic) bond motifs is 10. The molecule has 0 atom stereocenters. The SMILES string of the molecule is CC(C)(C)c1cc[c-]c(-c2cc(C(C)(C)C)ccn2)c1.CC(C)(C)c1ccc2c(ccc3c4cc[c-]c(-c5nccc6c5C(C)(C)c5c-6ccc6ccccc56)c4ccc23)c1.[Ir]. The van der Waals surface area contributed by atoms with Crippen LogP contribution in [0.25, 0.3) is 76.7 Å². The molecule has 3 heteroatoms. The van der Waals surface area contributed by atoms with E-state index in [-0.39, 0.29) is 41.8 Å². The van der Waals surface area contributed by atoms with Crippen LogP contribution in [0.15, 0.2) is 140 Å². The second kappa shape index (κ2) is 15.7. The molecule has 1 radical (unpaired) electrons. The third-order valence-corrected chi connectivity index (χ3v) is 12.9. The van der Waals surface area contributed by atoms with Crippen LogP contribution < -0.4 is 0 Å². The molecule has 313 valence electrons. The smallest absolute Gasteiger partial charge is 0.0167 e. The number of hydrogen-bond acceptors (Lipinski definition) is 2. The van der Waals surface area contributed by atoms with Gasteiger partial charge >= 0.3 is 0 Å². The van der Waals surface area contributed by atoms with Crippen LogP contribution >= 0.6 is 0 Å². The number of aromatic nitrogens is 2. The quantitative estimate of drug-likeness (QED) is 0.127. The zero-order chi connectivity index (χ0) is 43.1. The zero-order valence-electron chi connectivity index (χ0n) is 38.0. The first-order chi connectivity index (χ1) is 28.9. The van der Waals surface area contributed by atoms with Crippen molar-refractivity contribution in [3.8, 4) is 33.6 Å². The summed E-state index contributed by atoms with van der Waals surface area (Å²) >= 11 is 0. The van der Waals surface area contributed by atoms with Gasteiger partial charge in [0, 0.05) is 37.9 Å². The second-order valence-electron chi connectivity index (χ2n) is 20.6. The Morgan fingerprint density at radius 1 is 0.452 bits per heavy atom. The summed E-state index contributed by atoms with van der Waals surface area (Å²) in [6, 6.07) is 53.4. The van der Waals surface area contributed by atoms with Crippen LogP contribution in [0.4, 0.5) is 0 Å². The van der Waals surface area contributed by atoms with Crippen LogP contribution in [0.5, 0.6) is 0 Å². The molecule has 1 aliphatic carbocycles. The van der Waals surface area contributed by atoms with E-state index in [0.29, 0.717) is 0 Å². The van der Waals surface area contributed by atoms with E-state index in [2.05, 4.69) is 215 Å². The van der Waals surface area contributed by atoms with Gasteiger partial charge in [0.1, 0.15) is 0 Å². The molecule has 0 saturated heterocycles. The van der Waals surface area contributed by atoms with E-state index in [1.807, 2.05) is 18.5 Å². The summed E-state index contributed by atoms with van der Waals surface area (Å²) in [6.07, 6.45) is 3.87. The maximum atomic E-state index is 5.06. The predicted octanol–water partition coefficient (Wildman–Crippen LogP) is 15.9. The van der Waals surface area contributed by atoms with Crippen molar-refractivity contribution in [3.05, 3.63) is 180 Å². The van der Waals surface area contributed by atoms with Gasteiger partial charge in [0.05, 0.1) is 0 Å². The molecule has 0 spiro atoms. The minimum absolute atomic E-state index is 0. The molecule has 9 aromatic rings. The molecule has 0 bridgehead atoms. The Morgan fingerprint density at radius 3 is 1.79 bits per heavy atom. The fourth-order valence-corrected chi connectivity index (χ4v) is 9.44. The van der Waals surface area contributed by atoms with Crippen LogP contribution in [-0.2, 0) is 41.8 Å². The van der Waals surface area contributed by atoms with Gasteiger partial charge in [0.15, 0.2) is 0 Å². The van der Waals surface area contributed by atoms with Crippen LogP contribution in [0.2, 0.25) is 0 Å². The molecule has 2 heterocycles. The third kappa shape index (κ3) is 7.58. The molecule has 0 aliphatic heterocycles. The van der Waals surface area contributed by atoms with Gasteiger partial charge in [-0.3, -0.25) is 0 Å². The summed E-state index contributed by atoms with van der Waals surface area (Å²) in [5, 5.41) is 10.2. The molecule has 0 amide bonds. The fourth-order valence-electron chi connectivity index (χ4n) is 9.44. The van der Waals surface area contributed by atoms with Crippen molar-refractivity contribution in [1.82, 2.24) is 9.97 Å². The van der Waals surface area contributed by atoms with Gasteiger partial charge in [0.2, 0.25) is 0 Å². The van der Waals surface area contributed by atoms with Crippen molar-refractivity contribution in [2.24, 2.45) is 0 Å². The molecule has 2 nitrogen and oxygen atoms in total. The van der Waals surface area contributed by atoms with Gasteiger partial charge in [-0.05, 0) is 105 Å². The minimum atomic E-state index is -0.192. The van der Waals surface area contributed by atoms with Crippen molar-refractivity contribution in [2.75, 3.05) is 0 Å². The maximum Gasteiger partial charge on any atom is 0.0167 e. The molecule has 10 rings (SSSR count). The normalized spacial score (nSPS) is 13.4. The summed E-state index contributed by atoms with van der Waals surface area (Å²) in [4.78, 5) is 9.58. The van der Waals surface area contributed by atoms with E-state index in [1.165, 1.54) is 82.0 Å². The summed E-state index contributed by atoms with van der Waals surface area (Å²) in [5.74, 6) is 0. The molecule has 62 heavy (non-hydrogen) atoms. The number of nitrogens with zero attached hydrogens (tertiary/aromatic N) is 2. The van der Waals surface area contributed by atoms with Gasteiger partial charge < -0.3 is 9.97 Å². The van der Waals surface area contributed by atoms with E-state index in [0.717, 1.165) is 22.5 Å². The van der Waals surface area contributed by atoms with E-state index in [1.54, 1.807) is 0 Å². The molecule has 0 unspecified atom stereocenters. The molecule has 1 aliphatic rings. The van der Waals surface area contributed by atoms with E-state index in [4.69, 9.17) is 4.98 Å². The summed E-state index contributed by atoms with van der Waals surface area (Å²) in [5.41, 5.74) is 13.7. The average molecular weight is 985 g/mol. The average Bonchev–Trinajstić information content (AvgIpc) is 3.48. The van der Waals surface area contributed by atoms with Crippen molar-refractivity contribution >= 4 is 43.1 Å². The first-order valence-electron chi connectivity index (χ1n) is 21.7. The maximum absolute atomic E-state index is 5.06. The van der Waals surface area contributed by atoms with Gasteiger partial charge in [-0.25, -0.2) is 0 Å². The molecule has 2 aromatic heterocycles. The van der Waals surface area contributed by atoms with Gasteiger partial charge in [-0.1, -0.05) is 172 Å². The minimum Gasteiger partial charge on any atom is -0.305 e. The Kier molecular flexibility index (Phi) is 10.9. The first-order valence-corrected chi connectivity index (χ1v) is 21.7. The van der Waals surface area contributed by atoms with Gasteiger partial charge in [-0.2, -0.15) is 0 Å². The molecular weight excluding hydrogens is 929 g/mol. The van der Waals surface area contributed by atoms with Crippen molar-refractivity contribution in [3.63, 3.8) is 0 Å². The standard InChI is InChI=1S/C40H32N.C19H24N.Ir/c1-39(2,3)26-15-18-27-25(23-26)14-16-31-29-11-8-12-35(32(29)20-19-30(27)31)38-37-34(21-22-41-38)33-17-13-24-9-6-7-10-28(24)36(33)40(37,4)5;1-18(2,3)15-9-7-8-14(12-15)17-13-16(10-11-20-17)19(4,5)6;/h6-11,13-23H,1-5H3;7,9-13H,1-6H3;/q2*-1;. The monoisotopic (exact) mass is 985 g/mol. The third-order valence-electron chi connectivity index (χ3n) is 12.9. The fraction of sp³-hybridized carbons (Fsp3) is 0.254. The molecular formula is C59H56IrN2-2. The van der Waals surface area contributed by atoms with Crippen LogP contribution in [0, 0.1) is 12.1 Å². The first kappa shape index (κ1) is 43.2. The number of pyridine rings is 2. The number of benzene rings is 7. The number of hydrogen-bond donors (Lipinski definition) is 0. The number of rotatable bonds is 2. The van der Waals surface area contributed by atoms with E-state index in [9.17, 15) is 0 Å². The Morgan fingerprint density at radius 2 is 1.03 bits per heavy atom. The summed E-state index contributed by atoms with van der Waals surface area (Å²) in [7, 11) is 0.